The fraction of sp³-hybridized carbons (Fsp3) is 0.527. The van der Waals surface area contributed by atoms with Crippen LogP contribution in [0.15, 0.2) is 42.6 Å². The van der Waals surface area contributed by atoms with Crippen LogP contribution in [0, 0.1) is 31.4 Å². The maximum atomic E-state index is 14.7. The number of amides is 5. The number of para-hydroxylation sites is 1. The van der Waals surface area contributed by atoms with Crippen LogP contribution in [0.25, 0.3) is 10.9 Å². The Kier molecular flexibility index (Phi) is 21.1. The standard InChI is InChI=1S/C55H72ClF2N13O8S/c1-34-10-9-13-39(56)47(34)65-51(73)43-33-61-55(80-43)64-44-32-45(63-36(3)62-44)69-17-15-68(16-18-69)23-25-78-27-29-79-28-26-77-24-14-60-52(74)46-38-30-40(57)41(58)31-42(38)67(5)49(46)54(76)71-21-19-70(20-22-71)53(75)48(37-11-7-6-8-12-37)66-50(72)35(2)59-4/h9-10,13,30-33,35,37,48,59H,6-8,11-12,14-29H2,1-5H3,(H,60,74)(H,65,73)(H,66,72)(H,61,62,63,64). The van der Waals surface area contributed by atoms with E-state index in [9.17, 15) is 32.8 Å². The second-order valence-corrected chi connectivity index (χ2v) is 21.6. The highest BCUT2D eigenvalue weighted by atomic mass is 35.5. The number of hydrogen-bond acceptors (Lipinski definition) is 16. The van der Waals surface area contributed by atoms with Crippen LogP contribution >= 0.6 is 22.9 Å². The summed E-state index contributed by atoms with van der Waals surface area (Å²) >= 11 is 7.52. The molecule has 8 rings (SSSR count). The molecule has 2 aromatic carbocycles. The Bertz CT molecular complexity index is 2960. The second-order valence-electron chi connectivity index (χ2n) is 20.2. The van der Waals surface area contributed by atoms with Crippen molar-refractivity contribution >= 4 is 85.8 Å². The van der Waals surface area contributed by atoms with Crippen molar-refractivity contribution in [3.05, 3.63) is 86.8 Å². The Balaban J connectivity index is 0.718. The van der Waals surface area contributed by atoms with E-state index in [1.54, 1.807) is 24.9 Å². The Morgan fingerprint density at radius 1 is 0.825 bits per heavy atom. The lowest BCUT2D eigenvalue weighted by molar-refractivity contribution is -0.140. The number of piperazine rings is 2. The number of carbonyl (C=O) groups excluding carboxylic acids is 5. The van der Waals surface area contributed by atoms with Crippen LogP contribution < -0.4 is 31.5 Å². The first-order valence-corrected chi connectivity index (χ1v) is 28.5. The van der Waals surface area contributed by atoms with Crippen molar-refractivity contribution in [2.75, 3.05) is 128 Å². The number of nitrogens with zero attached hydrogens (tertiary/aromatic N) is 8. The molecule has 2 aliphatic heterocycles. The predicted octanol–water partition coefficient (Wildman–Crippen LogP) is 5.53. The van der Waals surface area contributed by atoms with E-state index in [1.165, 1.54) is 34.0 Å². The number of benzene rings is 2. The maximum Gasteiger partial charge on any atom is 0.271 e. The molecule has 25 heteroatoms. The van der Waals surface area contributed by atoms with Gasteiger partial charge < -0.3 is 60.1 Å². The number of hydrogen-bond donors (Lipinski definition) is 5. The van der Waals surface area contributed by atoms with E-state index < -0.39 is 35.5 Å². The number of nitrogens with one attached hydrogen (secondary N) is 5. The Morgan fingerprint density at radius 2 is 1.50 bits per heavy atom. The van der Waals surface area contributed by atoms with Crippen LogP contribution in [-0.2, 0) is 30.8 Å². The third kappa shape index (κ3) is 15.1. The van der Waals surface area contributed by atoms with Crippen LogP contribution in [0.1, 0.15) is 80.9 Å². The Labute approximate surface area is 473 Å². The van der Waals surface area contributed by atoms with Gasteiger partial charge in [-0.15, -0.1) is 0 Å². The molecule has 2 saturated heterocycles. The van der Waals surface area contributed by atoms with Crippen molar-refractivity contribution in [1.29, 1.82) is 0 Å². The molecular weight excluding hydrogens is 1080 g/mol. The molecule has 21 nitrogen and oxygen atoms in total. The maximum absolute atomic E-state index is 14.7. The van der Waals surface area contributed by atoms with Gasteiger partial charge in [-0.05, 0) is 64.3 Å². The SMILES string of the molecule is CNC(C)C(=O)NC(C(=O)N1CCN(C(=O)c2c(C(=O)NCCOCCOCCOCCN3CCN(c4cc(Nc5ncc(C(=O)Nc6c(C)cccc6Cl)s5)nc(C)n4)CC3)c3cc(F)c(F)cc3n2C)CC1)C1CCCCC1. The number of fused-ring (bicyclic) bond motifs is 1. The summed E-state index contributed by atoms with van der Waals surface area (Å²) in [7, 11) is 3.21. The number of likely N-dealkylation sites (N-methyl/N-ethyl adjacent to an activating group) is 1. The van der Waals surface area contributed by atoms with Gasteiger partial charge in [-0.3, -0.25) is 28.9 Å². The molecule has 0 radical (unpaired) electrons. The molecule has 1 saturated carbocycles. The van der Waals surface area contributed by atoms with Crippen molar-refractivity contribution in [3.63, 3.8) is 0 Å². The van der Waals surface area contributed by atoms with Crippen molar-refractivity contribution < 1.29 is 47.0 Å². The zero-order valence-corrected chi connectivity index (χ0v) is 47.6. The lowest BCUT2D eigenvalue weighted by Gasteiger charge is -2.39. The fourth-order valence-corrected chi connectivity index (χ4v) is 11.2. The van der Waals surface area contributed by atoms with Gasteiger partial charge >= 0.3 is 0 Å². The molecule has 2 atom stereocenters. The summed E-state index contributed by atoms with van der Waals surface area (Å²) in [5, 5.41) is 15.9. The minimum atomic E-state index is -1.16. The highest BCUT2D eigenvalue weighted by Gasteiger charge is 2.38. The first-order chi connectivity index (χ1) is 38.6. The molecule has 5 heterocycles. The zero-order valence-electron chi connectivity index (χ0n) is 46.0. The minimum absolute atomic E-state index is 0.0106. The molecule has 80 heavy (non-hydrogen) atoms. The van der Waals surface area contributed by atoms with Gasteiger partial charge in [0.2, 0.25) is 11.8 Å². The summed E-state index contributed by atoms with van der Waals surface area (Å²) in [6.07, 6.45) is 6.25. The second kappa shape index (κ2) is 28.3. The van der Waals surface area contributed by atoms with Crippen molar-refractivity contribution in [2.24, 2.45) is 13.0 Å². The van der Waals surface area contributed by atoms with Gasteiger partial charge in [-0.25, -0.2) is 23.7 Å². The number of rotatable bonds is 24. The summed E-state index contributed by atoms with van der Waals surface area (Å²) < 4.78 is 47.9. The van der Waals surface area contributed by atoms with Gasteiger partial charge in [0.15, 0.2) is 16.8 Å². The molecule has 5 amide bonds. The topological polar surface area (TPSA) is 230 Å². The first-order valence-electron chi connectivity index (χ1n) is 27.3. The van der Waals surface area contributed by atoms with E-state index in [0.717, 1.165) is 88.3 Å². The van der Waals surface area contributed by atoms with E-state index >= 15 is 0 Å². The first kappa shape index (κ1) is 59.7. The van der Waals surface area contributed by atoms with Crippen molar-refractivity contribution in [1.82, 2.24) is 50.2 Å². The molecule has 2 unspecified atom stereocenters. The number of carbonyl (C=O) groups is 5. The summed E-state index contributed by atoms with van der Waals surface area (Å²) in [6, 6.07) is 8.05. The molecule has 0 spiro atoms. The van der Waals surface area contributed by atoms with Gasteiger partial charge in [0.1, 0.15) is 34.1 Å². The molecule has 3 fully saturated rings. The summed E-state index contributed by atoms with van der Waals surface area (Å²) in [5.41, 5.74) is 1.47. The van der Waals surface area contributed by atoms with Gasteiger partial charge in [0, 0.05) is 90.0 Å². The Hall–Kier alpha value is -6.41. The van der Waals surface area contributed by atoms with Crippen LogP contribution in [0.2, 0.25) is 5.02 Å². The largest absolute Gasteiger partial charge is 0.378 e. The lowest BCUT2D eigenvalue weighted by Crippen LogP contribution is -2.59. The lowest BCUT2D eigenvalue weighted by atomic mass is 9.83. The number of aromatic nitrogens is 4. The van der Waals surface area contributed by atoms with E-state index in [-0.39, 0.29) is 91.7 Å². The molecule has 0 bridgehead atoms. The minimum Gasteiger partial charge on any atom is -0.378 e. The average Bonchev–Trinajstić information content (AvgIpc) is 4.11. The monoisotopic (exact) mass is 1150 g/mol. The number of ether oxygens (including phenoxy) is 3. The van der Waals surface area contributed by atoms with Crippen molar-refractivity contribution in [3.8, 4) is 0 Å². The summed E-state index contributed by atoms with van der Waals surface area (Å²) in [5.74, 6) is -2.19. The van der Waals surface area contributed by atoms with Gasteiger partial charge in [0.05, 0.1) is 73.7 Å². The fourth-order valence-electron chi connectivity index (χ4n) is 10.2. The highest BCUT2D eigenvalue weighted by Crippen LogP contribution is 2.32. The van der Waals surface area contributed by atoms with Gasteiger partial charge in [0.25, 0.3) is 17.7 Å². The normalized spacial score (nSPS) is 16.2. The van der Waals surface area contributed by atoms with Crippen molar-refractivity contribution in [2.45, 2.75) is 65.0 Å². The zero-order chi connectivity index (χ0) is 56.9. The predicted molar refractivity (Wildman–Crippen MR) is 302 cm³/mol. The smallest absolute Gasteiger partial charge is 0.271 e. The van der Waals surface area contributed by atoms with Gasteiger partial charge in [-0.1, -0.05) is 54.3 Å². The molecule has 3 aromatic heterocycles. The highest BCUT2D eigenvalue weighted by molar-refractivity contribution is 7.17. The number of halogens is 3. The number of aryl methyl sites for hydroxylation is 3. The van der Waals surface area contributed by atoms with Crippen LogP contribution in [0.4, 0.5) is 31.2 Å². The summed E-state index contributed by atoms with van der Waals surface area (Å²) in [4.78, 5) is 89.9. The molecule has 5 aromatic rings. The van der Waals surface area contributed by atoms with Crippen LogP contribution in [0.5, 0.6) is 0 Å². The molecule has 5 N–H and O–H groups in total. The van der Waals surface area contributed by atoms with E-state index in [1.807, 2.05) is 32.0 Å². The van der Waals surface area contributed by atoms with E-state index in [2.05, 4.69) is 51.3 Å². The third-order valence-corrected chi connectivity index (χ3v) is 16.1. The van der Waals surface area contributed by atoms with Crippen LogP contribution in [0.3, 0.4) is 0 Å². The molecule has 432 valence electrons. The Morgan fingerprint density at radius 3 is 2.20 bits per heavy atom. The number of thiazole rings is 1. The van der Waals surface area contributed by atoms with Gasteiger partial charge in [-0.2, -0.15) is 0 Å². The van der Waals surface area contributed by atoms with E-state index in [0.29, 0.717) is 58.8 Å². The third-order valence-electron chi connectivity index (χ3n) is 14.8. The molecular formula is C55H72ClF2N13O8S. The van der Waals surface area contributed by atoms with Crippen LogP contribution in [-0.4, -0.2) is 188 Å². The molecule has 3 aliphatic rings. The average molecular weight is 1150 g/mol. The quantitative estimate of drug-likeness (QED) is 0.0479. The summed E-state index contributed by atoms with van der Waals surface area (Å²) in [6.45, 7) is 12.1. The van der Waals surface area contributed by atoms with E-state index in [4.69, 9.17) is 25.8 Å². The number of anilines is 4. The molecule has 1 aliphatic carbocycles.